The maximum atomic E-state index is 5.94. The van der Waals surface area contributed by atoms with Crippen molar-refractivity contribution in [3.05, 3.63) is 53.6 Å². The van der Waals surface area contributed by atoms with Crippen molar-refractivity contribution < 1.29 is 4.74 Å². The molecule has 0 aromatic heterocycles. The number of hydrogen-bond donors (Lipinski definition) is 2. The van der Waals surface area contributed by atoms with Gasteiger partial charge in [-0.3, -0.25) is 0 Å². The smallest absolute Gasteiger partial charge is 0.123 e. The van der Waals surface area contributed by atoms with Crippen LogP contribution >= 0.6 is 0 Å². The lowest BCUT2D eigenvalue weighted by Crippen LogP contribution is -2.24. The lowest BCUT2D eigenvalue weighted by Gasteiger charge is -2.30. The summed E-state index contributed by atoms with van der Waals surface area (Å²) >= 11 is 0. The van der Waals surface area contributed by atoms with Crippen molar-refractivity contribution in [3.8, 4) is 5.75 Å². The summed E-state index contributed by atoms with van der Waals surface area (Å²) in [6.07, 6.45) is 2.15. The van der Waals surface area contributed by atoms with Crippen LogP contribution in [0, 0.1) is 0 Å². The molecule has 2 aromatic carbocycles. The zero-order valence-corrected chi connectivity index (χ0v) is 12.4. The molecule has 0 saturated heterocycles. The Labute approximate surface area is 126 Å². The molecule has 2 aromatic rings. The molecule has 0 bridgehead atoms. The van der Waals surface area contributed by atoms with E-state index in [9.17, 15) is 0 Å². The van der Waals surface area contributed by atoms with Crippen LogP contribution < -0.4 is 15.8 Å². The first kappa shape index (κ1) is 13.8. The highest BCUT2D eigenvalue weighted by Gasteiger charge is 2.24. The van der Waals surface area contributed by atoms with Crippen LogP contribution in [-0.4, -0.2) is 13.2 Å². The van der Waals surface area contributed by atoms with E-state index in [1.165, 1.54) is 11.1 Å². The normalized spacial score (nSPS) is 16.0. The summed E-state index contributed by atoms with van der Waals surface area (Å²) in [5.74, 6) is 1.44. The molecule has 0 radical (unpaired) electrons. The number of hydrogen-bond acceptors (Lipinski definition) is 3. The molecule has 1 aliphatic rings. The fourth-order valence-electron chi connectivity index (χ4n) is 2.81. The van der Waals surface area contributed by atoms with Gasteiger partial charge in [0.1, 0.15) is 5.75 Å². The Morgan fingerprint density at radius 3 is 2.90 bits per heavy atom. The predicted octanol–water partition coefficient (Wildman–Crippen LogP) is 3.81. The summed E-state index contributed by atoms with van der Waals surface area (Å²) in [6, 6.07) is 14.5. The van der Waals surface area contributed by atoms with Crippen molar-refractivity contribution in [1.29, 1.82) is 0 Å². The van der Waals surface area contributed by atoms with E-state index in [0.717, 1.165) is 43.1 Å². The largest absolute Gasteiger partial charge is 0.493 e. The molecule has 110 valence electrons. The molecule has 0 saturated carbocycles. The van der Waals surface area contributed by atoms with Crippen LogP contribution in [0.5, 0.6) is 5.75 Å². The number of fused-ring (bicyclic) bond motifs is 1. The van der Waals surface area contributed by atoms with Crippen LogP contribution in [0.15, 0.2) is 42.5 Å². The fourth-order valence-corrected chi connectivity index (χ4v) is 2.81. The minimum absolute atomic E-state index is 0.600. The molecule has 0 heterocycles. The summed E-state index contributed by atoms with van der Waals surface area (Å²) in [5, 5.41) is 3.49. The molecule has 1 atom stereocenters. The third-order valence-corrected chi connectivity index (χ3v) is 3.92. The summed E-state index contributed by atoms with van der Waals surface area (Å²) in [7, 11) is 0. The van der Waals surface area contributed by atoms with Crippen molar-refractivity contribution in [3.63, 3.8) is 0 Å². The number of rotatable bonds is 6. The summed E-state index contributed by atoms with van der Waals surface area (Å²) in [4.78, 5) is 0. The van der Waals surface area contributed by atoms with Crippen molar-refractivity contribution in [2.75, 3.05) is 24.2 Å². The van der Waals surface area contributed by atoms with Crippen LogP contribution in [0.4, 0.5) is 11.4 Å². The second-order valence-corrected chi connectivity index (χ2v) is 5.62. The quantitative estimate of drug-likeness (QED) is 0.792. The maximum Gasteiger partial charge on any atom is 0.123 e. The molecular weight excluding hydrogens is 260 g/mol. The molecule has 3 N–H and O–H groups in total. The topological polar surface area (TPSA) is 47.3 Å². The van der Waals surface area contributed by atoms with Gasteiger partial charge in [0.05, 0.1) is 6.61 Å². The van der Waals surface area contributed by atoms with Gasteiger partial charge >= 0.3 is 0 Å². The van der Waals surface area contributed by atoms with Crippen LogP contribution in [-0.2, 0) is 6.42 Å². The Morgan fingerprint density at radius 1 is 1.24 bits per heavy atom. The Morgan fingerprint density at radius 2 is 2.10 bits per heavy atom. The molecule has 3 heteroatoms. The SMILES string of the molecule is CCCOc1cc(N)cc(NCC2Cc3ccccc32)c1. The highest BCUT2D eigenvalue weighted by Crippen LogP contribution is 2.35. The highest BCUT2D eigenvalue weighted by atomic mass is 16.5. The van der Waals surface area contributed by atoms with Gasteiger partial charge < -0.3 is 15.8 Å². The van der Waals surface area contributed by atoms with Crippen molar-refractivity contribution in [2.24, 2.45) is 0 Å². The van der Waals surface area contributed by atoms with Gasteiger partial charge in [0, 0.05) is 36.0 Å². The van der Waals surface area contributed by atoms with Gasteiger partial charge in [-0.2, -0.15) is 0 Å². The number of anilines is 2. The number of nitrogens with one attached hydrogen (secondary N) is 1. The third-order valence-electron chi connectivity index (χ3n) is 3.92. The summed E-state index contributed by atoms with van der Waals surface area (Å²) in [5.41, 5.74) is 10.7. The van der Waals surface area contributed by atoms with E-state index >= 15 is 0 Å². The average molecular weight is 282 g/mol. The molecule has 0 amide bonds. The molecule has 3 nitrogen and oxygen atoms in total. The second kappa shape index (κ2) is 6.08. The van der Waals surface area contributed by atoms with Crippen molar-refractivity contribution >= 4 is 11.4 Å². The van der Waals surface area contributed by atoms with Crippen molar-refractivity contribution in [1.82, 2.24) is 0 Å². The number of nitrogens with two attached hydrogens (primary N) is 1. The molecule has 1 aliphatic carbocycles. The minimum Gasteiger partial charge on any atom is -0.493 e. The van der Waals surface area contributed by atoms with Gasteiger partial charge in [0.25, 0.3) is 0 Å². The monoisotopic (exact) mass is 282 g/mol. The number of nitrogen functional groups attached to an aromatic ring is 1. The average Bonchev–Trinajstić information content (AvgIpc) is 2.45. The van der Waals surface area contributed by atoms with E-state index < -0.39 is 0 Å². The van der Waals surface area contributed by atoms with Gasteiger partial charge in [-0.05, 0) is 30.0 Å². The number of ether oxygens (including phenoxy) is 1. The molecule has 0 aliphatic heterocycles. The number of benzene rings is 2. The summed E-state index contributed by atoms with van der Waals surface area (Å²) in [6.45, 7) is 3.76. The lowest BCUT2D eigenvalue weighted by atomic mass is 9.77. The molecule has 1 unspecified atom stereocenters. The van der Waals surface area contributed by atoms with Gasteiger partial charge in [0.15, 0.2) is 0 Å². The van der Waals surface area contributed by atoms with E-state index in [1.807, 2.05) is 18.2 Å². The molecule has 3 rings (SSSR count). The molecular formula is C18H22N2O. The minimum atomic E-state index is 0.600. The second-order valence-electron chi connectivity index (χ2n) is 5.62. The van der Waals surface area contributed by atoms with E-state index in [-0.39, 0.29) is 0 Å². The maximum absolute atomic E-state index is 5.94. The van der Waals surface area contributed by atoms with Gasteiger partial charge in [0.2, 0.25) is 0 Å². The zero-order chi connectivity index (χ0) is 14.7. The summed E-state index contributed by atoms with van der Waals surface area (Å²) < 4.78 is 5.66. The van der Waals surface area contributed by atoms with E-state index in [2.05, 4.69) is 36.5 Å². The fraction of sp³-hybridized carbons (Fsp3) is 0.333. The van der Waals surface area contributed by atoms with Gasteiger partial charge in [-0.1, -0.05) is 31.2 Å². The third kappa shape index (κ3) is 3.13. The Hall–Kier alpha value is -2.16. The first-order valence-electron chi connectivity index (χ1n) is 7.61. The molecule has 21 heavy (non-hydrogen) atoms. The van der Waals surface area contributed by atoms with Crippen LogP contribution in [0.2, 0.25) is 0 Å². The lowest BCUT2D eigenvalue weighted by molar-refractivity contribution is 0.318. The van der Waals surface area contributed by atoms with Gasteiger partial charge in [-0.15, -0.1) is 0 Å². The Bertz CT molecular complexity index is 624. The first-order valence-corrected chi connectivity index (χ1v) is 7.61. The van der Waals surface area contributed by atoms with Crippen molar-refractivity contribution in [2.45, 2.75) is 25.7 Å². The van der Waals surface area contributed by atoms with Crippen LogP contribution in [0.25, 0.3) is 0 Å². The predicted molar refractivity (Wildman–Crippen MR) is 88.0 cm³/mol. The highest BCUT2D eigenvalue weighted by molar-refractivity contribution is 5.59. The molecule has 0 fully saturated rings. The van der Waals surface area contributed by atoms with Crippen LogP contribution in [0.3, 0.4) is 0 Å². The Balaban J connectivity index is 1.62. The van der Waals surface area contributed by atoms with E-state index in [0.29, 0.717) is 5.92 Å². The molecule has 0 spiro atoms. The standard InChI is InChI=1S/C18H22N2O/c1-2-7-21-17-10-15(19)9-16(11-17)20-12-14-8-13-5-3-4-6-18(13)14/h3-6,9-11,14,20H,2,7-8,12,19H2,1H3. The van der Waals surface area contributed by atoms with Crippen LogP contribution in [0.1, 0.15) is 30.4 Å². The zero-order valence-electron chi connectivity index (χ0n) is 12.4. The van der Waals surface area contributed by atoms with E-state index in [1.54, 1.807) is 0 Å². The van der Waals surface area contributed by atoms with Gasteiger partial charge in [-0.25, -0.2) is 0 Å². The first-order chi connectivity index (χ1) is 10.3. The Kier molecular flexibility index (Phi) is 4.00. The van der Waals surface area contributed by atoms with E-state index in [4.69, 9.17) is 10.5 Å².